The van der Waals surface area contributed by atoms with Crippen LogP contribution in [0.5, 0.6) is 0 Å². The van der Waals surface area contributed by atoms with Gasteiger partial charge in [0.2, 0.25) is 11.8 Å². The van der Waals surface area contributed by atoms with Crippen LogP contribution in [0.25, 0.3) is 0 Å². The first-order valence-electron chi connectivity index (χ1n) is 8.84. The number of nitro benzene ring substituents is 1. The summed E-state index contributed by atoms with van der Waals surface area (Å²) >= 11 is 0. The number of hydrogen-bond donors (Lipinski definition) is 3. The number of carboxylic acid groups (broad SMARTS) is 1. The van der Waals surface area contributed by atoms with Crippen LogP contribution in [-0.2, 0) is 27.2 Å². The molecule has 0 aliphatic carbocycles. The molecule has 0 unspecified atom stereocenters. The molecule has 0 aliphatic heterocycles. The summed E-state index contributed by atoms with van der Waals surface area (Å²) in [5, 5.41) is 25.5. The molecule has 0 bridgehead atoms. The first kappa shape index (κ1) is 21.5. The highest BCUT2D eigenvalue weighted by Gasteiger charge is 2.28. The fourth-order valence-corrected chi connectivity index (χ4v) is 2.86. The third-order valence-electron chi connectivity index (χ3n) is 4.20. The van der Waals surface area contributed by atoms with Gasteiger partial charge in [-0.05, 0) is 5.56 Å². The Hall–Kier alpha value is -3.75. The second-order valence-electron chi connectivity index (χ2n) is 6.43. The summed E-state index contributed by atoms with van der Waals surface area (Å²) in [6, 6.07) is 12.3. The highest BCUT2D eigenvalue weighted by Crippen LogP contribution is 2.19. The minimum Gasteiger partial charge on any atom is -0.480 e. The maximum Gasteiger partial charge on any atom is 0.326 e. The monoisotopic (exact) mass is 399 g/mol. The minimum absolute atomic E-state index is 0.171. The van der Waals surface area contributed by atoms with E-state index in [1.165, 1.54) is 25.1 Å². The zero-order valence-corrected chi connectivity index (χ0v) is 15.7. The Morgan fingerprint density at radius 1 is 0.966 bits per heavy atom. The van der Waals surface area contributed by atoms with E-state index < -0.39 is 34.8 Å². The van der Waals surface area contributed by atoms with E-state index >= 15 is 0 Å². The van der Waals surface area contributed by atoms with Crippen LogP contribution < -0.4 is 10.6 Å². The zero-order valence-electron chi connectivity index (χ0n) is 15.7. The van der Waals surface area contributed by atoms with E-state index in [1.807, 2.05) is 6.07 Å². The third-order valence-corrected chi connectivity index (χ3v) is 4.20. The van der Waals surface area contributed by atoms with Crippen LogP contribution in [0.15, 0.2) is 54.6 Å². The van der Waals surface area contributed by atoms with Gasteiger partial charge in [-0.2, -0.15) is 0 Å². The Labute approximate surface area is 166 Å². The molecule has 2 rings (SSSR count). The molecule has 152 valence electrons. The molecule has 0 saturated carbocycles. The van der Waals surface area contributed by atoms with Crippen molar-refractivity contribution in [3.8, 4) is 0 Å². The van der Waals surface area contributed by atoms with Crippen molar-refractivity contribution < 1.29 is 24.4 Å². The molecule has 0 spiro atoms. The molecule has 0 fully saturated rings. The van der Waals surface area contributed by atoms with Gasteiger partial charge in [0.25, 0.3) is 5.69 Å². The number of para-hydroxylation sites is 1. The van der Waals surface area contributed by atoms with E-state index in [2.05, 4.69) is 10.6 Å². The normalized spacial score (nSPS) is 12.4. The summed E-state index contributed by atoms with van der Waals surface area (Å²) in [6.07, 6.45) is -0.0968. The molecule has 0 aliphatic rings. The second-order valence-corrected chi connectivity index (χ2v) is 6.43. The highest BCUT2D eigenvalue weighted by molar-refractivity contribution is 5.90. The van der Waals surface area contributed by atoms with Crippen LogP contribution in [0.4, 0.5) is 5.69 Å². The minimum atomic E-state index is -1.39. The van der Waals surface area contributed by atoms with Gasteiger partial charge in [0.05, 0.1) is 4.92 Å². The summed E-state index contributed by atoms with van der Waals surface area (Å²) in [5.74, 6) is -2.46. The first-order chi connectivity index (χ1) is 13.8. The van der Waals surface area contributed by atoms with E-state index in [4.69, 9.17) is 0 Å². The lowest BCUT2D eigenvalue weighted by atomic mass is 10.0. The molecule has 0 radical (unpaired) electrons. The number of benzene rings is 2. The SMILES string of the molecule is CC(=O)N[C@@H](Cc1ccccc1)C(=O)N[C@H](Cc1ccccc1[N+](=O)[O-])C(=O)O. The second kappa shape index (κ2) is 9.98. The van der Waals surface area contributed by atoms with Crippen molar-refractivity contribution in [2.45, 2.75) is 31.8 Å². The standard InChI is InChI=1S/C20H21N3O6/c1-13(24)21-16(11-14-7-3-2-4-8-14)19(25)22-17(20(26)27)12-15-9-5-6-10-18(15)23(28)29/h2-10,16-17H,11-12H2,1H3,(H,21,24)(H,22,25)(H,26,27)/t16-,17+/m0/s1. The molecule has 2 aromatic carbocycles. The van der Waals surface area contributed by atoms with Crippen molar-refractivity contribution in [1.29, 1.82) is 0 Å². The summed E-state index contributed by atoms with van der Waals surface area (Å²) in [6.45, 7) is 1.26. The van der Waals surface area contributed by atoms with E-state index in [9.17, 15) is 29.6 Å². The third kappa shape index (κ3) is 6.42. The van der Waals surface area contributed by atoms with Gasteiger partial charge in [0, 0.05) is 31.4 Å². The van der Waals surface area contributed by atoms with E-state index in [1.54, 1.807) is 30.3 Å². The molecule has 3 N–H and O–H groups in total. The Bertz CT molecular complexity index is 900. The van der Waals surface area contributed by atoms with Crippen LogP contribution in [0, 0.1) is 10.1 Å². The number of nitrogens with zero attached hydrogens (tertiary/aromatic N) is 1. The fraction of sp³-hybridized carbons (Fsp3) is 0.250. The molecule has 2 aromatic rings. The van der Waals surface area contributed by atoms with Crippen molar-refractivity contribution >= 4 is 23.5 Å². The molecule has 29 heavy (non-hydrogen) atoms. The van der Waals surface area contributed by atoms with Gasteiger partial charge in [-0.25, -0.2) is 4.79 Å². The summed E-state index contributed by atoms with van der Waals surface area (Å²) < 4.78 is 0. The molecule has 9 heteroatoms. The van der Waals surface area contributed by atoms with Crippen LogP contribution >= 0.6 is 0 Å². The first-order valence-corrected chi connectivity index (χ1v) is 8.84. The van der Waals surface area contributed by atoms with Gasteiger partial charge in [-0.3, -0.25) is 19.7 Å². The van der Waals surface area contributed by atoms with Gasteiger partial charge in [0.15, 0.2) is 0 Å². The summed E-state index contributed by atoms with van der Waals surface area (Å²) in [7, 11) is 0. The Morgan fingerprint density at radius 2 is 1.59 bits per heavy atom. The maximum atomic E-state index is 12.7. The van der Waals surface area contributed by atoms with Crippen molar-refractivity contribution in [2.75, 3.05) is 0 Å². The van der Waals surface area contributed by atoms with Gasteiger partial charge >= 0.3 is 5.97 Å². The van der Waals surface area contributed by atoms with Gasteiger partial charge in [-0.15, -0.1) is 0 Å². The highest BCUT2D eigenvalue weighted by atomic mass is 16.6. The van der Waals surface area contributed by atoms with Crippen LogP contribution in [0.1, 0.15) is 18.1 Å². The van der Waals surface area contributed by atoms with E-state index in [0.717, 1.165) is 5.56 Å². The van der Waals surface area contributed by atoms with Crippen LogP contribution in [0.3, 0.4) is 0 Å². The predicted molar refractivity (Wildman–Crippen MR) is 104 cm³/mol. The number of aliphatic carboxylic acids is 1. The Kier molecular flexibility index (Phi) is 7.41. The van der Waals surface area contributed by atoms with Gasteiger partial charge < -0.3 is 15.7 Å². The van der Waals surface area contributed by atoms with E-state index in [-0.39, 0.29) is 24.1 Å². The quantitative estimate of drug-likeness (QED) is 0.431. The Balaban J connectivity index is 2.18. The van der Waals surface area contributed by atoms with Gasteiger partial charge in [0.1, 0.15) is 12.1 Å². The lowest BCUT2D eigenvalue weighted by Gasteiger charge is -2.21. The number of carbonyl (C=O) groups is 3. The smallest absolute Gasteiger partial charge is 0.326 e. The van der Waals surface area contributed by atoms with Gasteiger partial charge in [-0.1, -0.05) is 48.5 Å². The fourth-order valence-electron chi connectivity index (χ4n) is 2.86. The lowest BCUT2D eigenvalue weighted by molar-refractivity contribution is -0.385. The van der Waals surface area contributed by atoms with Crippen LogP contribution in [-0.4, -0.2) is 39.9 Å². The van der Waals surface area contributed by atoms with E-state index in [0.29, 0.717) is 0 Å². The number of amides is 2. The largest absolute Gasteiger partial charge is 0.480 e. The average molecular weight is 399 g/mol. The summed E-state index contributed by atoms with van der Waals surface area (Å²) in [4.78, 5) is 46.4. The average Bonchev–Trinajstić information content (AvgIpc) is 2.67. The molecular weight excluding hydrogens is 378 g/mol. The predicted octanol–water partition coefficient (Wildman–Crippen LogP) is 1.45. The molecule has 0 aromatic heterocycles. The molecular formula is C20H21N3O6. The molecule has 2 atom stereocenters. The van der Waals surface area contributed by atoms with Crippen molar-refractivity contribution in [3.05, 3.63) is 75.8 Å². The number of nitrogens with one attached hydrogen (secondary N) is 2. The van der Waals surface area contributed by atoms with Crippen LogP contribution in [0.2, 0.25) is 0 Å². The molecule has 9 nitrogen and oxygen atoms in total. The van der Waals surface area contributed by atoms with Crippen molar-refractivity contribution in [3.63, 3.8) is 0 Å². The number of carbonyl (C=O) groups excluding carboxylic acids is 2. The lowest BCUT2D eigenvalue weighted by Crippen LogP contribution is -2.52. The number of nitro groups is 1. The molecule has 0 heterocycles. The molecule has 0 saturated heterocycles. The number of hydrogen-bond acceptors (Lipinski definition) is 5. The van der Waals surface area contributed by atoms with Crippen molar-refractivity contribution in [1.82, 2.24) is 10.6 Å². The Morgan fingerprint density at radius 3 is 2.17 bits per heavy atom. The summed E-state index contributed by atoms with van der Waals surface area (Å²) in [5.41, 5.74) is 0.743. The topological polar surface area (TPSA) is 139 Å². The molecule has 2 amide bonds. The van der Waals surface area contributed by atoms with Crippen molar-refractivity contribution in [2.24, 2.45) is 0 Å². The zero-order chi connectivity index (χ0) is 21.4. The number of rotatable bonds is 9. The number of carboxylic acids is 1. The maximum absolute atomic E-state index is 12.7.